The molecule has 0 bridgehead atoms. The highest BCUT2D eigenvalue weighted by Crippen LogP contribution is 2.25. The van der Waals surface area contributed by atoms with Gasteiger partial charge in [0, 0.05) is 17.7 Å². The topological polar surface area (TPSA) is 32.3 Å². The Morgan fingerprint density at radius 2 is 2.06 bits per heavy atom. The zero-order valence-corrected chi connectivity index (χ0v) is 10.1. The van der Waals surface area contributed by atoms with Crippen molar-refractivity contribution in [1.82, 2.24) is 5.32 Å². The molecule has 1 atom stereocenters. The molecule has 3 heteroatoms. The Morgan fingerprint density at radius 3 is 2.88 bits per heavy atom. The summed E-state index contributed by atoms with van der Waals surface area (Å²) in [4.78, 5) is 0. The van der Waals surface area contributed by atoms with E-state index in [1.165, 1.54) is 11.1 Å². The Hall–Kier alpha value is -0.570. The fourth-order valence-electron chi connectivity index (χ4n) is 2.27. The molecule has 0 saturated heterocycles. The molecule has 1 aliphatic rings. The number of unbranched alkanes of at least 4 members (excludes halogenated alkanes) is 1. The number of nitrogens with one attached hydrogen (secondary N) is 1. The maximum atomic E-state index is 8.69. The molecule has 0 aromatic heterocycles. The molecule has 0 amide bonds. The first kappa shape index (κ1) is 11.9. The van der Waals surface area contributed by atoms with Crippen LogP contribution in [-0.2, 0) is 12.8 Å². The standard InChI is InChI=1S/C13H18ClNO/c14-12-4-3-10-8-13(9-11(10)7-12)15-5-1-2-6-16/h3-4,7,13,15-16H,1-2,5-6,8-9H2. The van der Waals surface area contributed by atoms with Crippen molar-refractivity contribution >= 4 is 11.6 Å². The molecule has 0 heterocycles. The van der Waals surface area contributed by atoms with Gasteiger partial charge in [0.2, 0.25) is 0 Å². The second kappa shape index (κ2) is 5.67. The monoisotopic (exact) mass is 239 g/mol. The lowest BCUT2D eigenvalue weighted by molar-refractivity contribution is 0.282. The molecule has 2 nitrogen and oxygen atoms in total. The van der Waals surface area contributed by atoms with Crippen molar-refractivity contribution in [3.8, 4) is 0 Å². The molecule has 0 aliphatic heterocycles. The van der Waals surface area contributed by atoms with Gasteiger partial charge in [-0.3, -0.25) is 0 Å². The van der Waals surface area contributed by atoms with Crippen LogP contribution in [0.3, 0.4) is 0 Å². The smallest absolute Gasteiger partial charge is 0.0431 e. The highest BCUT2D eigenvalue weighted by Gasteiger charge is 2.20. The Labute approximate surface area is 102 Å². The van der Waals surface area contributed by atoms with E-state index in [1.54, 1.807) is 0 Å². The van der Waals surface area contributed by atoms with Crippen LogP contribution in [0.15, 0.2) is 18.2 Å². The Morgan fingerprint density at radius 1 is 1.25 bits per heavy atom. The maximum Gasteiger partial charge on any atom is 0.0431 e. The number of hydrogen-bond acceptors (Lipinski definition) is 2. The van der Waals surface area contributed by atoms with E-state index < -0.39 is 0 Å². The predicted octanol–water partition coefficient (Wildman–Crippen LogP) is 2.17. The SMILES string of the molecule is OCCCCNC1Cc2ccc(Cl)cc2C1. The van der Waals surface area contributed by atoms with Crippen LogP contribution in [0, 0.1) is 0 Å². The molecule has 16 heavy (non-hydrogen) atoms. The Kier molecular flexibility index (Phi) is 4.22. The van der Waals surface area contributed by atoms with E-state index in [9.17, 15) is 0 Å². The minimum absolute atomic E-state index is 0.294. The van der Waals surface area contributed by atoms with Gasteiger partial charge in [-0.15, -0.1) is 0 Å². The van der Waals surface area contributed by atoms with Gasteiger partial charge in [0.05, 0.1) is 0 Å². The molecule has 1 unspecified atom stereocenters. The fraction of sp³-hybridized carbons (Fsp3) is 0.538. The fourth-order valence-corrected chi connectivity index (χ4v) is 2.47. The Balaban J connectivity index is 1.81. The minimum Gasteiger partial charge on any atom is -0.396 e. The summed E-state index contributed by atoms with van der Waals surface area (Å²) in [7, 11) is 0. The molecule has 2 rings (SSSR count). The van der Waals surface area contributed by atoms with E-state index in [0.29, 0.717) is 12.6 Å². The van der Waals surface area contributed by atoms with Crippen molar-refractivity contribution in [3.05, 3.63) is 34.3 Å². The number of fused-ring (bicyclic) bond motifs is 1. The molecule has 1 aliphatic carbocycles. The zero-order chi connectivity index (χ0) is 11.4. The maximum absolute atomic E-state index is 8.69. The van der Waals surface area contributed by atoms with E-state index in [2.05, 4.69) is 17.4 Å². The van der Waals surface area contributed by atoms with Crippen LogP contribution < -0.4 is 5.32 Å². The molecule has 0 spiro atoms. The lowest BCUT2D eigenvalue weighted by Crippen LogP contribution is -2.30. The van der Waals surface area contributed by atoms with Gasteiger partial charge in [0.1, 0.15) is 0 Å². The van der Waals surface area contributed by atoms with E-state index in [1.807, 2.05) is 6.07 Å². The van der Waals surface area contributed by atoms with Gasteiger partial charge in [0.25, 0.3) is 0 Å². The van der Waals surface area contributed by atoms with Crippen LogP contribution >= 0.6 is 11.6 Å². The number of hydrogen-bond donors (Lipinski definition) is 2. The highest BCUT2D eigenvalue weighted by atomic mass is 35.5. The second-order valence-corrected chi connectivity index (χ2v) is 4.84. The van der Waals surface area contributed by atoms with Crippen molar-refractivity contribution in [3.63, 3.8) is 0 Å². The van der Waals surface area contributed by atoms with Crippen LogP contribution in [0.1, 0.15) is 24.0 Å². The summed E-state index contributed by atoms with van der Waals surface area (Å²) in [5, 5.41) is 13.0. The van der Waals surface area contributed by atoms with Crippen LogP contribution in [0.25, 0.3) is 0 Å². The third-order valence-electron chi connectivity index (χ3n) is 3.12. The summed E-state index contributed by atoms with van der Waals surface area (Å²) < 4.78 is 0. The summed E-state index contributed by atoms with van der Waals surface area (Å²) in [6.45, 7) is 1.29. The molecular weight excluding hydrogens is 222 g/mol. The van der Waals surface area contributed by atoms with Crippen LogP contribution in [0.2, 0.25) is 5.02 Å². The quantitative estimate of drug-likeness (QED) is 0.772. The first-order valence-corrected chi connectivity index (χ1v) is 6.29. The summed E-state index contributed by atoms with van der Waals surface area (Å²) in [5.74, 6) is 0. The first-order chi connectivity index (χ1) is 7.79. The molecule has 0 saturated carbocycles. The van der Waals surface area contributed by atoms with Gasteiger partial charge in [-0.05, 0) is 55.5 Å². The Bertz CT molecular complexity index is 354. The number of aliphatic hydroxyl groups is 1. The molecule has 1 aromatic carbocycles. The summed E-state index contributed by atoms with van der Waals surface area (Å²) in [5.41, 5.74) is 2.80. The van der Waals surface area contributed by atoms with Gasteiger partial charge in [0.15, 0.2) is 0 Å². The molecule has 88 valence electrons. The molecule has 2 N–H and O–H groups in total. The molecule has 0 fully saturated rings. The third kappa shape index (κ3) is 2.97. The predicted molar refractivity (Wildman–Crippen MR) is 67.0 cm³/mol. The molecule has 1 aromatic rings. The van der Waals surface area contributed by atoms with Gasteiger partial charge in [-0.2, -0.15) is 0 Å². The largest absolute Gasteiger partial charge is 0.396 e. The van der Waals surface area contributed by atoms with Crippen molar-refractivity contribution in [2.45, 2.75) is 31.7 Å². The lowest BCUT2D eigenvalue weighted by atomic mass is 10.1. The van der Waals surface area contributed by atoms with Crippen molar-refractivity contribution in [2.24, 2.45) is 0 Å². The average Bonchev–Trinajstić information content (AvgIpc) is 2.66. The number of benzene rings is 1. The third-order valence-corrected chi connectivity index (χ3v) is 3.35. The molecular formula is C13H18ClNO. The van der Waals surface area contributed by atoms with E-state index in [4.69, 9.17) is 16.7 Å². The van der Waals surface area contributed by atoms with E-state index in [0.717, 1.165) is 37.3 Å². The van der Waals surface area contributed by atoms with Crippen molar-refractivity contribution in [1.29, 1.82) is 0 Å². The first-order valence-electron chi connectivity index (χ1n) is 5.91. The normalized spacial score (nSPS) is 18.8. The van der Waals surface area contributed by atoms with Crippen LogP contribution in [-0.4, -0.2) is 24.3 Å². The number of aliphatic hydroxyl groups excluding tert-OH is 1. The average molecular weight is 240 g/mol. The van der Waals surface area contributed by atoms with Crippen molar-refractivity contribution in [2.75, 3.05) is 13.2 Å². The number of rotatable bonds is 5. The minimum atomic E-state index is 0.294. The zero-order valence-electron chi connectivity index (χ0n) is 9.38. The van der Waals surface area contributed by atoms with Crippen LogP contribution in [0.5, 0.6) is 0 Å². The number of halogens is 1. The van der Waals surface area contributed by atoms with Gasteiger partial charge in [-0.1, -0.05) is 17.7 Å². The molecule has 0 radical (unpaired) electrons. The summed E-state index contributed by atoms with van der Waals surface area (Å²) in [6, 6.07) is 6.72. The second-order valence-electron chi connectivity index (χ2n) is 4.40. The van der Waals surface area contributed by atoms with E-state index in [-0.39, 0.29) is 0 Å². The lowest BCUT2D eigenvalue weighted by Gasteiger charge is -2.10. The van der Waals surface area contributed by atoms with Gasteiger partial charge < -0.3 is 10.4 Å². The summed E-state index contributed by atoms with van der Waals surface area (Å²) >= 11 is 5.97. The van der Waals surface area contributed by atoms with Gasteiger partial charge in [-0.25, -0.2) is 0 Å². The van der Waals surface area contributed by atoms with E-state index >= 15 is 0 Å². The van der Waals surface area contributed by atoms with Gasteiger partial charge >= 0.3 is 0 Å². The van der Waals surface area contributed by atoms with Crippen molar-refractivity contribution < 1.29 is 5.11 Å². The summed E-state index contributed by atoms with van der Waals surface area (Å²) in [6.07, 6.45) is 4.11. The highest BCUT2D eigenvalue weighted by molar-refractivity contribution is 6.30. The van der Waals surface area contributed by atoms with Crippen LogP contribution in [0.4, 0.5) is 0 Å².